The van der Waals surface area contributed by atoms with E-state index in [1.165, 1.54) is 21.1 Å². The summed E-state index contributed by atoms with van der Waals surface area (Å²) < 4.78 is 0.984. The Bertz CT molecular complexity index is 667. The molecule has 1 amide bonds. The molecule has 0 fully saturated rings. The molecule has 21 heavy (non-hydrogen) atoms. The number of hydrogen-bond acceptors (Lipinski definition) is 4. The maximum Gasteiger partial charge on any atom is 0.264 e. The van der Waals surface area contributed by atoms with E-state index >= 15 is 0 Å². The van der Waals surface area contributed by atoms with E-state index in [4.69, 9.17) is 0 Å². The molecule has 0 aliphatic carbocycles. The summed E-state index contributed by atoms with van der Waals surface area (Å²) in [5.41, 5.74) is 0. The van der Waals surface area contributed by atoms with Gasteiger partial charge in [0.15, 0.2) is 0 Å². The number of hydrogen-bond donors (Lipinski definition) is 0. The van der Waals surface area contributed by atoms with Gasteiger partial charge in [0.1, 0.15) is 0 Å². The topological polar surface area (TPSA) is 20.3 Å². The molecule has 3 heterocycles. The number of thiophene rings is 3. The molecule has 0 aromatic carbocycles. The Morgan fingerprint density at radius 3 is 2.05 bits per heavy atom. The third-order valence-electron chi connectivity index (χ3n) is 2.92. The van der Waals surface area contributed by atoms with Crippen LogP contribution in [-0.2, 0) is 13.1 Å². The highest BCUT2D eigenvalue weighted by Gasteiger charge is 2.19. The zero-order chi connectivity index (χ0) is 14.7. The quantitative estimate of drug-likeness (QED) is 0.558. The van der Waals surface area contributed by atoms with Crippen molar-refractivity contribution in [1.82, 2.24) is 4.90 Å². The van der Waals surface area contributed by atoms with Gasteiger partial charge in [0.25, 0.3) is 5.91 Å². The zero-order valence-electron chi connectivity index (χ0n) is 11.0. The minimum absolute atomic E-state index is 0.0903. The van der Waals surface area contributed by atoms with Crippen LogP contribution < -0.4 is 0 Å². The van der Waals surface area contributed by atoms with Gasteiger partial charge >= 0.3 is 0 Å². The number of amides is 1. The molecule has 0 spiro atoms. The van der Waals surface area contributed by atoms with Crippen LogP contribution in [0.3, 0.4) is 0 Å². The predicted molar refractivity (Wildman–Crippen MR) is 94.2 cm³/mol. The molecular weight excluding hydrogens is 386 g/mol. The molecule has 3 rings (SSSR count). The van der Waals surface area contributed by atoms with Crippen LogP contribution in [-0.4, -0.2) is 10.8 Å². The zero-order valence-corrected chi connectivity index (χ0v) is 15.0. The van der Waals surface area contributed by atoms with Crippen molar-refractivity contribution in [2.24, 2.45) is 0 Å². The Hall–Kier alpha value is -0.950. The maximum absolute atomic E-state index is 12.7. The van der Waals surface area contributed by atoms with Gasteiger partial charge in [0.2, 0.25) is 0 Å². The first-order valence-corrected chi connectivity index (χ1v) is 9.68. The third kappa shape index (κ3) is 3.83. The molecule has 0 N–H and O–H groups in total. The van der Waals surface area contributed by atoms with Crippen molar-refractivity contribution in [3.8, 4) is 0 Å². The molecule has 0 aliphatic heterocycles. The Labute approximate surface area is 143 Å². The molecule has 0 unspecified atom stereocenters. The van der Waals surface area contributed by atoms with Gasteiger partial charge in [-0.3, -0.25) is 4.79 Å². The highest BCUT2D eigenvalue weighted by atomic mass is 79.9. The second-order valence-electron chi connectivity index (χ2n) is 4.42. The highest BCUT2D eigenvalue weighted by Crippen LogP contribution is 2.25. The smallest absolute Gasteiger partial charge is 0.264 e. The van der Waals surface area contributed by atoms with Gasteiger partial charge in [-0.15, -0.1) is 34.0 Å². The van der Waals surface area contributed by atoms with Crippen LogP contribution in [0.25, 0.3) is 0 Å². The molecule has 6 heteroatoms. The molecule has 0 atom stereocenters. The lowest BCUT2D eigenvalue weighted by Crippen LogP contribution is -2.28. The summed E-state index contributed by atoms with van der Waals surface area (Å²) in [5, 5.41) is 4.09. The van der Waals surface area contributed by atoms with E-state index in [9.17, 15) is 4.79 Å². The van der Waals surface area contributed by atoms with Gasteiger partial charge in [0, 0.05) is 9.75 Å². The summed E-state index contributed by atoms with van der Waals surface area (Å²) in [6.45, 7) is 1.31. The molecule has 3 aromatic heterocycles. The van der Waals surface area contributed by atoms with E-state index in [1.54, 1.807) is 22.7 Å². The summed E-state index contributed by atoms with van der Waals surface area (Å²) in [6.07, 6.45) is 0. The van der Waals surface area contributed by atoms with Crippen molar-refractivity contribution in [3.63, 3.8) is 0 Å². The SMILES string of the molecule is O=C(c1ccc(Br)s1)N(Cc1cccs1)Cc1cccs1. The Morgan fingerprint density at radius 2 is 1.62 bits per heavy atom. The second kappa shape index (κ2) is 6.87. The summed E-state index contributed by atoms with van der Waals surface area (Å²) in [7, 11) is 0. The normalized spacial score (nSPS) is 10.7. The van der Waals surface area contributed by atoms with Crippen LogP contribution in [0.5, 0.6) is 0 Å². The van der Waals surface area contributed by atoms with Crippen molar-refractivity contribution in [1.29, 1.82) is 0 Å². The lowest BCUT2D eigenvalue weighted by molar-refractivity contribution is 0.0738. The fraction of sp³-hybridized carbons (Fsp3) is 0.133. The van der Waals surface area contributed by atoms with Crippen LogP contribution in [0, 0.1) is 0 Å². The number of rotatable bonds is 5. The van der Waals surface area contributed by atoms with E-state index in [2.05, 4.69) is 28.1 Å². The molecule has 108 valence electrons. The van der Waals surface area contributed by atoms with E-state index in [1.807, 2.05) is 39.9 Å². The molecule has 0 radical (unpaired) electrons. The molecule has 0 saturated carbocycles. The number of nitrogens with zero attached hydrogens (tertiary/aromatic N) is 1. The average molecular weight is 398 g/mol. The van der Waals surface area contributed by atoms with E-state index in [0.29, 0.717) is 13.1 Å². The summed E-state index contributed by atoms with van der Waals surface area (Å²) in [4.78, 5) is 17.8. The van der Waals surface area contributed by atoms with Crippen molar-refractivity contribution in [2.45, 2.75) is 13.1 Å². The number of carbonyl (C=O) groups excluding carboxylic acids is 1. The Balaban J connectivity index is 1.82. The largest absolute Gasteiger partial charge is 0.328 e. The molecule has 0 aliphatic rings. The van der Waals surface area contributed by atoms with Crippen LogP contribution >= 0.6 is 49.9 Å². The van der Waals surface area contributed by atoms with Gasteiger partial charge in [0.05, 0.1) is 21.8 Å². The van der Waals surface area contributed by atoms with Crippen molar-refractivity contribution < 1.29 is 4.79 Å². The summed E-state index contributed by atoms with van der Waals surface area (Å²) in [5.74, 6) is 0.0903. The van der Waals surface area contributed by atoms with Gasteiger partial charge < -0.3 is 4.90 Å². The van der Waals surface area contributed by atoms with Crippen LogP contribution in [0.15, 0.2) is 50.9 Å². The van der Waals surface area contributed by atoms with Crippen LogP contribution in [0.4, 0.5) is 0 Å². The fourth-order valence-electron chi connectivity index (χ4n) is 1.97. The van der Waals surface area contributed by atoms with E-state index in [-0.39, 0.29) is 5.91 Å². The van der Waals surface area contributed by atoms with E-state index < -0.39 is 0 Å². The van der Waals surface area contributed by atoms with Crippen molar-refractivity contribution >= 4 is 55.8 Å². The van der Waals surface area contributed by atoms with Gasteiger partial charge in [-0.05, 0) is 51.0 Å². The van der Waals surface area contributed by atoms with Gasteiger partial charge in [-0.1, -0.05) is 12.1 Å². The monoisotopic (exact) mass is 397 g/mol. The molecule has 0 saturated heterocycles. The standard InChI is InChI=1S/C15H12BrNOS3/c16-14-6-5-13(21-14)15(18)17(9-11-3-1-7-19-11)10-12-4-2-8-20-12/h1-8H,9-10H2. The summed E-state index contributed by atoms with van der Waals surface area (Å²) >= 11 is 8.28. The Kier molecular flexibility index (Phi) is 4.90. The fourth-order valence-corrected chi connectivity index (χ4v) is 4.76. The molecule has 2 nitrogen and oxygen atoms in total. The molecular formula is C15H12BrNOS3. The second-order valence-corrected chi connectivity index (χ2v) is 8.95. The van der Waals surface area contributed by atoms with Crippen LogP contribution in [0.2, 0.25) is 0 Å². The lowest BCUT2D eigenvalue weighted by Gasteiger charge is -2.20. The number of carbonyl (C=O) groups is 1. The lowest BCUT2D eigenvalue weighted by atomic mass is 10.3. The van der Waals surface area contributed by atoms with Crippen molar-refractivity contribution in [2.75, 3.05) is 0 Å². The minimum Gasteiger partial charge on any atom is -0.328 e. The number of halogens is 1. The van der Waals surface area contributed by atoms with Crippen LogP contribution in [0.1, 0.15) is 19.4 Å². The van der Waals surface area contributed by atoms with Gasteiger partial charge in [-0.25, -0.2) is 0 Å². The van der Waals surface area contributed by atoms with Gasteiger partial charge in [-0.2, -0.15) is 0 Å². The third-order valence-corrected chi connectivity index (χ3v) is 6.26. The Morgan fingerprint density at radius 1 is 1.00 bits per heavy atom. The van der Waals surface area contributed by atoms with Crippen molar-refractivity contribution in [3.05, 3.63) is 65.6 Å². The predicted octanol–water partition coefficient (Wildman–Crippen LogP) is 5.48. The first-order chi connectivity index (χ1) is 10.2. The summed E-state index contributed by atoms with van der Waals surface area (Å²) in [6, 6.07) is 12.0. The van der Waals surface area contributed by atoms with E-state index in [0.717, 1.165) is 8.66 Å². The average Bonchev–Trinajstić information content (AvgIpc) is 3.19. The first kappa shape index (κ1) is 15.0. The molecule has 0 bridgehead atoms. The molecule has 3 aromatic rings. The highest BCUT2D eigenvalue weighted by molar-refractivity contribution is 9.11. The first-order valence-electron chi connectivity index (χ1n) is 6.32. The maximum atomic E-state index is 12.7. The minimum atomic E-state index is 0.0903.